The molecule has 0 saturated carbocycles. The lowest BCUT2D eigenvalue weighted by atomic mass is 9.61. The number of carbonyl (C=O) groups excluding carboxylic acids is 1. The average Bonchev–Trinajstić information content (AvgIpc) is 2.53. The Morgan fingerprint density at radius 2 is 1.96 bits per heavy atom. The van der Waals surface area contributed by atoms with Gasteiger partial charge in [0.1, 0.15) is 11.9 Å². The highest BCUT2D eigenvalue weighted by Gasteiger charge is 2.38. The van der Waals surface area contributed by atoms with Crippen LogP contribution in [0.3, 0.4) is 0 Å². The van der Waals surface area contributed by atoms with Gasteiger partial charge in [0.05, 0.1) is 12.5 Å². The van der Waals surface area contributed by atoms with Crippen LogP contribution in [0.25, 0.3) is 5.57 Å². The third-order valence-corrected chi connectivity index (χ3v) is 5.80. The van der Waals surface area contributed by atoms with Gasteiger partial charge in [-0.3, -0.25) is 4.79 Å². The summed E-state index contributed by atoms with van der Waals surface area (Å²) in [4.78, 5) is 11.6. The largest absolute Gasteiger partial charge is 0.458 e. The van der Waals surface area contributed by atoms with Crippen molar-refractivity contribution in [2.24, 2.45) is 10.8 Å². The smallest absolute Gasteiger partial charge is 0.309 e. The number of aliphatic hydroxyl groups excluding tert-OH is 1. The molecule has 4 heteroatoms. The minimum absolute atomic E-state index is 0.0623. The third kappa shape index (κ3) is 4.54. The van der Waals surface area contributed by atoms with Crippen LogP contribution in [0.1, 0.15) is 64.5 Å². The molecule has 3 rings (SSSR count). The van der Waals surface area contributed by atoms with Crippen LogP contribution in [0, 0.1) is 23.6 Å². The minimum Gasteiger partial charge on any atom is -0.458 e. The van der Waals surface area contributed by atoms with Crippen molar-refractivity contribution in [3.63, 3.8) is 0 Å². The monoisotopic (exact) mass is 386 g/mol. The number of carbonyl (C=O) groups is 1. The van der Waals surface area contributed by atoms with Crippen LogP contribution in [0.5, 0.6) is 0 Å². The number of benzene rings is 1. The lowest BCUT2D eigenvalue weighted by molar-refractivity contribution is -0.156. The second-order valence-electron chi connectivity index (χ2n) is 9.74. The molecule has 28 heavy (non-hydrogen) atoms. The van der Waals surface area contributed by atoms with E-state index in [0.29, 0.717) is 12.0 Å². The van der Waals surface area contributed by atoms with Gasteiger partial charge in [0, 0.05) is 6.42 Å². The van der Waals surface area contributed by atoms with E-state index in [-0.39, 0.29) is 29.0 Å². The van der Waals surface area contributed by atoms with E-state index in [0.717, 1.165) is 18.4 Å². The van der Waals surface area contributed by atoms with Crippen LogP contribution in [0.15, 0.2) is 35.9 Å². The van der Waals surface area contributed by atoms with Gasteiger partial charge in [-0.2, -0.15) is 0 Å². The number of hydrogen-bond acceptors (Lipinski definition) is 3. The van der Waals surface area contributed by atoms with E-state index in [4.69, 9.17) is 4.74 Å². The lowest BCUT2D eigenvalue weighted by Gasteiger charge is -2.43. The molecule has 3 nitrogen and oxygen atoms in total. The number of allylic oxidation sites excluding steroid dienone is 3. The second-order valence-corrected chi connectivity index (χ2v) is 9.74. The molecule has 152 valence electrons. The molecule has 0 unspecified atom stereocenters. The van der Waals surface area contributed by atoms with Gasteiger partial charge in [0.15, 0.2) is 0 Å². The van der Waals surface area contributed by atoms with E-state index in [2.05, 4.69) is 33.8 Å². The first-order chi connectivity index (χ1) is 13.0. The topological polar surface area (TPSA) is 46.5 Å². The Kier molecular flexibility index (Phi) is 5.55. The van der Waals surface area contributed by atoms with E-state index in [9.17, 15) is 14.3 Å². The standard InChI is InChI=1S/C24H31FO3/c1-15-10-16(6-9-21(15)25)19-13-23(2,3)14-24(4,5)20(19)8-7-18-11-17(26)12-22(27)28-18/h6-10,17-18,26H,11-14H2,1-5H3/b8-7+/t17-,18+/m1/s1. The van der Waals surface area contributed by atoms with Crippen molar-refractivity contribution in [1.29, 1.82) is 0 Å². The fourth-order valence-corrected chi connectivity index (χ4v) is 4.88. The summed E-state index contributed by atoms with van der Waals surface area (Å²) in [6, 6.07) is 5.31. The molecule has 1 aliphatic heterocycles. The predicted octanol–water partition coefficient (Wildman–Crippen LogP) is 5.36. The number of halogens is 1. The fourth-order valence-electron chi connectivity index (χ4n) is 4.88. The summed E-state index contributed by atoms with van der Waals surface area (Å²) in [7, 11) is 0. The van der Waals surface area contributed by atoms with E-state index < -0.39 is 12.2 Å². The summed E-state index contributed by atoms with van der Waals surface area (Å²) < 4.78 is 19.2. The van der Waals surface area contributed by atoms with Crippen LogP contribution in [0.2, 0.25) is 0 Å². The quantitative estimate of drug-likeness (QED) is 0.712. The molecule has 0 amide bonds. The highest BCUT2D eigenvalue weighted by atomic mass is 19.1. The number of ether oxygens (including phenoxy) is 1. The molecular formula is C24H31FO3. The summed E-state index contributed by atoms with van der Waals surface area (Å²) in [5.74, 6) is -0.556. The minimum atomic E-state index is -0.651. The molecule has 1 aliphatic carbocycles. The number of cyclic esters (lactones) is 1. The average molecular weight is 387 g/mol. The molecule has 2 atom stereocenters. The van der Waals surface area contributed by atoms with Crippen LogP contribution in [-0.4, -0.2) is 23.3 Å². The molecule has 1 fully saturated rings. The van der Waals surface area contributed by atoms with E-state index in [1.54, 1.807) is 6.92 Å². The van der Waals surface area contributed by atoms with Crippen LogP contribution >= 0.6 is 0 Å². The molecule has 1 N–H and O–H groups in total. The summed E-state index contributed by atoms with van der Waals surface area (Å²) in [6.45, 7) is 10.8. The van der Waals surface area contributed by atoms with Crippen molar-refractivity contribution in [2.45, 2.75) is 72.5 Å². The summed E-state index contributed by atoms with van der Waals surface area (Å²) in [6.07, 6.45) is 5.29. The van der Waals surface area contributed by atoms with E-state index in [1.807, 2.05) is 18.2 Å². The highest BCUT2D eigenvalue weighted by molar-refractivity contribution is 5.74. The molecule has 1 aromatic carbocycles. The Morgan fingerprint density at radius 3 is 2.61 bits per heavy atom. The molecule has 0 spiro atoms. The maximum absolute atomic E-state index is 13.8. The van der Waals surface area contributed by atoms with Gasteiger partial charge >= 0.3 is 5.97 Å². The molecule has 0 aromatic heterocycles. The van der Waals surface area contributed by atoms with E-state index >= 15 is 0 Å². The number of rotatable bonds is 3. The Bertz CT molecular complexity index is 832. The van der Waals surface area contributed by atoms with Crippen molar-refractivity contribution in [3.8, 4) is 0 Å². The Morgan fingerprint density at radius 1 is 1.25 bits per heavy atom. The molecule has 0 radical (unpaired) electrons. The Labute approximate surface area is 167 Å². The molecule has 1 aromatic rings. The zero-order valence-corrected chi connectivity index (χ0v) is 17.5. The van der Waals surface area contributed by atoms with Crippen LogP contribution < -0.4 is 0 Å². The maximum Gasteiger partial charge on any atom is 0.309 e. The van der Waals surface area contributed by atoms with Gasteiger partial charge in [0.2, 0.25) is 0 Å². The normalized spacial score (nSPS) is 27.2. The van der Waals surface area contributed by atoms with Crippen molar-refractivity contribution < 1.29 is 19.0 Å². The van der Waals surface area contributed by atoms with Crippen molar-refractivity contribution in [3.05, 3.63) is 52.9 Å². The molecule has 2 aliphatic rings. The summed E-state index contributed by atoms with van der Waals surface area (Å²) in [5, 5.41) is 9.86. The van der Waals surface area contributed by atoms with Gasteiger partial charge in [-0.15, -0.1) is 0 Å². The predicted molar refractivity (Wildman–Crippen MR) is 109 cm³/mol. The van der Waals surface area contributed by atoms with Crippen molar-refractivity contribution in [1.82, 2.24) is 0 Å². The van der Waals surface area contributed by atoms with Gasteiger partial charge in [-0.1, -0.05) is 39.8 Å². The molecular weight excluding hydrogens is 355 g/mol. The van der Waals surface area contributed by atoms with Gasteiger partial charge in [-0.25, -0.2) is 4.39 Å². The highest BCUT2D eigenvalue weighted by Crippen LogP contribution is 2.52. The molecule has 0 bridgehead atoms. The second kappa shape index (κ2) is 7.47. The first-order valence-electron chi connectivity index (χ1n) is 10.0. The van der Waals surface area contributed by atoms with E-state index in [1.165, 1.54) is 17.2 Å². The molecule has 1 saturated heterocycles. The summed E-state index contributed by atoms with van der Waals surface area (Å²) in [5.41, 5.74) is 4.13. The number of hydrogen-bond donors (Lipinski definition) is 1. The van der Waals surface area contributed by atoms with Crippen LogP contribution in [-0.2, 0) is 9.53 Å². The van der Waals surface area contributed by atoms with Crippen molar-refractivity contribution >= 4 is 11.5 Å². The molecule has 1 heterocycles. The van der Waals surface area contributed by atoms with Crippen molar-refractivity contribution in [2.75, 3.05) is 0 Å². The Balaban J connectivity index is 2.04. The van der Waals surface area contributed by atoms with Gasteiger partial charge < -0.3 is 9.84 Å². The Hall–Kier alpha value is -1.94. The van der Waals surface area contributed by atoms with Crippen LogP contribution in [0.4, 0.5) is 4.39 Å². The number of aryl methyl sites for hydroxylation is 1. The first kappa shape index (κ1) is 20.8. The zero-order chi connectivity index (χ0) is 20.7. The number of esters is 1. The fraction of sp³-hybridized carbons (Fsp3) is 0.542. The zero-order valence-electron chi connectivity index (χ0n) is 17.5. The lowest BCUT2D eigenvalue weighted by Crippen LogP contribution is -2.32. The summed E-state index contributed by atoms with van der Waals surface area (Å²) >= 11 is 0. The maximum atomic E-state index is 13.8. The first-order valence-corrected chi connectivity index (χ1v) is 10.0. The third-order valence-electron chi connectivity index (χ3n) is 5.80. The van der Waals surface area contributed by atoms with Gasteiger partial charge in [-0.05, 0) is 71.1 Å². The number of aliphatic hydroxyl groups is 1. The van der Waals surface area contributed by atoms with Gasteiger partial charge in [0.25, 0.3) is 0 Å². The SMILES string of the molecule is Cc1cc(C2=C(/C=C/[C@H]3C[C@@H](O)CC(=O)O3)C(C)(C)CC(C)(C)C2)ccc1F.